The maximum Gasteiger partial charge on any atom is 0.325 e. The van der Waals surface area contributed by atoms with Crippen LogP contribution >= 0.6 is 11.6 Å². The molecule has 4 rings (SSSR count). The van der Waals surface area contributed by atoms with Crippen molar-refractivity contribution in [3.05, 3.63) is 64.4 Å². The number of likely N-dealkylation sites (tertiary alicyclic amines) is 1. The molecule has 3 heterocycles. The van der Waals surface area contributed by atoms with E-state index in [1.807, 2.05) is 31.2 Å². The van der Waals surface area contributed by atoms with Gasteiger partial charge in [-0.05, 0) is 49.4 Å². The SMILES string of the molecule is COCCN1C(=O)NC(Cc2ccccc2Cl)(C2CCN(C(=O)c3ccc(C)nc3)CC2)C1=O. The van der Waals surface area contributed by atoms with Crippen LogP contribution in [0.2, 0.25) is 5.02 Å². The van der Waals surface area contributed by atoms with Gasteiger partial charge in [-0.15, -0.1) is 0 Å². The summed E-state index contributed by atoms with van der Waals surface area (Å²) in [6, 6.07) is 10.6. The Labute approximate surface area is 204 Å². The van der Waals surface area contributed by atoms with Crippen LogP contribution in [-0.4, -0.2) is 71.5 Å². The molecule has 4 amide bonds. The van der Waals surface area contributed by atoms with Crippen LogP contribution in [0.15, 0.2) is 42.6 Å². The highest BCUT2D eigenvalue weighted by molar-refractivity contribution is 6.31. The van der Waals surface area contributed by atoms with Crippen LogP contribution < -0.4 is 5.32 Å². The molecule has 34 heavy (non-hydrogen) atoms. The van der Waals surface area contributed by atoms with Gasteiger partial charge in [-0.3, -0.25) is 19.5 Å². The molecule has 2 saturated heterocycles. The molecule has 0 aliphatic carbocycles. The first-order chi connectivity index (χ1) is 16.4. The molecule has 1 unspecified atom stereocenters. The van der Waals surface area contributed by atoms with Crippen LogP contribution in [0.1, 0.15) is 34.5 Å². The number of urea groups is 1. The first-order valence-corrected chi connectivity index (χ1v) is 11.8. The van der Waals surface area contributed by atoms with Crippen molar-refractivity contribution in [1.29, 1.82) is 0 Å². The second kappa shape index (κ2) is 10.1. The van der Waals surface area contributed by atoms with Gasteiger partial charge in [0.05, 0.1) is 18.7 Å². The van der Waals surface area contributed by atoms with Crippen molar-refractivity contribution in [3.8, 4) is 0 Å². The molecule has 9 heteroatoms. The number of carbonyl (C=O) groups excluding carboxylic acids is 3. The summed E-state index contributed by atoms with van der Waals surface area (Å²) in [4.78, 5) is 46.7. The maximum absolute atomic E-state index is 13.7. The Morgan fingerprint density at radius 2 is 1.94 bits per heavy atom. The number of pyridine rings is 1. The smallest absolute Gasteiger partial charge is 0.325 e. The Balaban J connectivity index is 1.56. The van der Waals surface area contributed by atoms with Gasteiger partial charge in [0.15, 0.2) is 0 Å². The normalized spacial score (nSPS) is 21.1. The van der Waals surface area contributed by atoms with Crippen LogP contribution in [0.25, 0.3) is 0 Å². The monoisotopic (exact) mass is 484 g/mol. The number of nitrogens with zero attached hydrogens (tertiary/aromatic N) is 3. The number of carbonyl (C=O) groups is 3. The molecule has 1 aromatic carbocycles. The second-order valence-corrected chi connectivity index (χ2v) is 9.28. The van der Waals surface area contributed by atoms with Gasteiger partial charge in [0, 0.05) is 43.5 Å². The molecule has 2 aliphatic heterocycles. The lowest BCUT2D eigenvalue weighted by Crippen LogP contribution is -2.58. The number of piperidine rings is 1. The topological polar surface area (TPSA) is 91.8 Å². The third-order valence-corrected chi connectivity index (χ3v) is 7.15. The number of nitrogens with one attached hydrogen (secondary N) is 1. The van der Waals surface area contributed by atoms with Gasteiger partial charge in [-0.25, -0.2) is 4.79 Å². The second-order valence-electron chi connectivity index (χ2n) is 8.87. The molecular weight excluding hydrogens is 456 g/mol. The lowest BCUT2D eigenvalue weighted by atomic mass is 9.73. The summed E-state index contributed by atoms with van der Waals surface area (Å²) in [7, 11) is 1.53. The molecule has 1 atom stereocenters. The molecule has 2 fully saturated rings. The molecule has 2 aromatic rings. The fraction of sp³-hybridized carbons (Fsp3) is 0.440. The first-order valence-electron chi connectivity index (χ1n) is 11.4. The highest BCUT2D eigenvalue weighted by atomic mass is 35.5. The Bertz CT molecular complexity index is 1070. The van der Waals surface area contributed by atoms with Gasteiger partial charge in [0.25, 0.3) is 11.8 Å². The number of rotatable bonds is 7. The van der Waals surface area contributed by atoms with Gasteiger partial charge in [-0.2, -0.15) is 0 Å². The fourth-order valence-electron chi connectivity index (χ4n) is 4.87. The molecule has 1 N–H and O–H groups in total. The summed E-state index contributed by atoms with van der Waals surface area (Å²) in [6.07, 6.45) is 3.05. The summed E-state index contributed by atoms with van der Waals surface area (Å²) in [5.41, 5.74) is 1.09. The molecule has 0 spiro atoms. The van der Waals surface area contributed by atoms with E-state index in [0.717, 1.165) is 11.3 Å². The van der Waals surface area contributed by atoms with Crippen LogP contribution in [0.4, 0.5) is 4.79 Å². The summed E-state index contributed by atoms with van der Waals surface area (Å²) in [5, 5.41) is 3.57. The zero-order valence-corrected chi connectivity index (χ0v) is 20.2. The molecule has 2 aliphatic rings. The molecule has 8 nitrogen and oxygen atoms in total. The van der Waals surface area contributed by atoms with E-state index in [2.05, 4.69) is 10.3 Å². The lowest BCUT2D eigenvalue weighted by molar-refractivity contribution is -0.134. The number of aromatic nitrogens is 1. The summed E-state index contributed by atoms with van der Waals surface area (Å²) in [5.74, 6) is -0.482. The van der Waals surface area contributed by atoms with Gasteiger partial charge < -0.3 is 15.0 Å². The number of hydrogen-bond donors (Lipinski definition) is 1. The lowest BCUT2D eigenvalue weighted by Gasteiger charge is -2.41. The molecular formula is C25H29ClN4O4. The van der Waals surface area contributed by atoms with Crippen molar-refractivity contribution in [2.24, 2.45) is 5.92 Å². The zero-order valence-electron chi connectivity index (χ0n) is 19.4. The maximum atomic E-state index is 13.7. The molecule has 1 aromatic heterocycles. The van der Waals surface area contributed by atoms with E-state index in [0.29, 0.717) is 42.9 Å². The number of ether oxygens (including phenoxy) is 1. The van der Waals surface area contributed by atoms with Crippen LogP contribution in [0, 0.1) is 12.8 Å². The van der Waals surface area contributed by atoms with Gasteiger partial charge in [-0.1, -0.05) is 29.8 Å². The molecule has 0 radical (unpaired) electrons. The van der Waals surface area contributed by atoms with E-state index in [-0.39, 0.29) is 30.9 Å². The Morgan fingerprint density at radius 1 is 1.21 bits per heavy atom. The van der Waals surface area contributed by atoms with E-state index in [1.165, 1.54) is 12.0 Å². The largest absolute Gasteiger partial charge is 0.383 e. The van der Waals surface area contributed by atoms with Crippen LogP contribution in [0.3, 0.4) is 0 Å². The van der Waals surface area contributed by atoms with Crippen LogP contribution in [0.5, 0.6) is 0 Å². The van der Waals surface area contributed by atoms with Gasteiger partial charge in [0.1, 0.15) is 5.54 Å². The van der Waals surface area contributed by atoms with E-state index in [1.54, 1.807) is 23.2 Å². The van der Waals surface area contributed by atoms with Gasteiger partial charge >= 0.3 is 6.03 Å². The zero-order chi connectivity index (χ0) is 24.3. The number of methoxy groups -OCH3 is 1. The third kappa shape index (κ3) is 4.65. The minimum atomic E-state index is -1.11. The van der Waals surface area contributed by atoms with E-state index in [9.17, 15) is 14.4 Å². The van der Waals surface area contributed by atoms with Crippen LogP contribution in [-0.2, 0) is 16.0 Å². The Morgan fingerprint density at radius 3 is 2.59 bits per heavy atom. The van der Waals surface area contributed by atoms with E-state index in [4.69, 9.17) is 16.3 Å². The predicted octanol–water partition coefficient (Wildman–Crippen LogP) is 3.08. The highest BCUT2D eigenvalue weighted by Gasteiger charge is 2.56. The summed E-state index contributed by atoms with van der Waals surface area (Å²) < 4.78 is 5.10. The molecule has 0 bridgehead atoms. The number of imide groups is 1. The standard InChI is InChI=1S/C25H29ClN4O4/c1-17-7-8-19(16-27-17)22(31)29-11-9-20(10-12-29)25(15-18-5-3-4-6-21(18)26)23(32)30(13-14-34-2)24(33)28-25/h3-8,16,20H,9-15H2,1-2H3,(H,28,33). The Hall–Kier alpha value is -2.97. The number of amides is 4. The summed E-state index contributed by atoms with van der Waals surface area (Å²) in [6.45, 7) is 3.30. The minimum Gasteiger partial charge on any atom is -0.383 e. The highest BCUT2D eigenvalue weighted by Crippen LogP contribution is 2.38. The first kappa shape index (κ1) is 24.2. The molecule has 0 saturated carbocycles. The number of hydrogen-bond acceptors (Lipinski definition) is 5. The average molecular weight is 485 g/mol. The van der Waals surface area contributed by atoms with E-state index >= 15 is 0 Å². The number of halogens is 1. The quantitative estimate of drug-likeness (QED) is 0.610. The average Bonchev–Trinajstić information content (AvgIpc) is 3.09. The molecule has 180 valence electrons. The van der Waals surface area contributed by atoms with Crippen molar-refractivity contribution in [3.63, 3.8) is 0 Å². The Kier molecular flexibility index (Phi) is 7.19. The fourth-order valence-corrected chi connectivity index (χ4v) is 5.07. The number of aryl methyl sites for hydroxylation is 1. The van der Waals surface area contributed by atoms with Crippen molar-refractivity contribution < 1.29 is 19.1 Å². The van der Waals surface area contributed by atoms with Crippen molar-refractivity contribution in [1.82, 2.24) is 20.1 Å². The van der Waals surface area contributed by atoms with Crippen molar-refractivity contribution in [2.75, 3.05) is 33.4 Å². The predicted molar refractivity (Wildman–Crippen MR) is 128 cm³/mol. The minimum absolute atomic E-state index is 0.0744. The van der Waals surface area contributed by atoms with Crippen molar-refractivity contribution in [2.45, 2.75) is 31.7 Å². The van der Waals surface area contributed by atoms with Gasteiger partial charge in [0.2, 0.25) is 0 Å². The third-order valence-electron chi connectivity index (χ3n) is 6.79. The number of benzene rings is 1. The summed E-state index contributed by atoms with van der Waals surface area (Å²) >= 11 is 6.43. The van der Waals surface area contributed by atoms with E-state index < -0.39 is 11.6 Å². The van der Waals surface area contributed by atoms with Crippen molar-refractivity contribution >= 4 is 29.4 Å².